The van der Waals surface area contributed by atoms with Gasteiger partial charge in [-0.25, -0.2) is 14.4 Å². The summed E-state index contributed by atoms with van der Waals surface area (Å²) in [5.41, 5.74) is 5.68. The monoisotopic (exact) mass is 704 g/mol. The molecule has 8 heteroatoms. The van der Waals surface area contributed by atoms with Gasteiger partial charge in [0.1, 0.15) is 23.0 Å². The summed E-state index contributed by atoms with van der Waals surface area (Å²) in [6, 6.07) is 42.1. The first-order valence-electron chi connectivity index (χ1n) is 16.9. The second-order valence-electron chi connectivity index (χ2n) is 12.4. The van der Waals surface area contributed by atoms with Crippen LogP contribution in [0, 0.1) is 0 Å². The molecule has 264 valence electrons. The van der Waals surface area contributed by atoms with Crippen LogP contribution in [0.1, 0.15) is 83.5 Å². The Morgan fingerprint density at radius 3 is 1.06 bits per heavy atom. The summed E-state index contributed by atoms with van der Waals surface area (Å²) in [4.78, 5) is 49.6. The largest absolute Gasteiger partial charge is 0.497 e. The molecule has 0 radical (unpaired) electrons. The van der Waals surface area contributed by atoms with Gasteiger partial charge in [-0.2, -0.15) is 0 Å². The molecule has 0 N–H and O–H groups in total. The molecule has 0 aliphatic heterocycles. The predicted octanol–water partition coefficient (Wildman–Crippen LogP) is 9.30. The number of carbonyl (C=O) groups is 4. The van der Waals surface area contributed by atoms with E-state index in [4.69, 9.17) is 18.9 Å². The molecule has 8 nitrogen and oxygen atoms in total. The van der Waals surface area contributed by atoms with E-state index in [1.807, 2.05) is 60.7 Å². The summed E-state index contributed by atoms with van der Waals surface area (Å²) >= 11 is 0. The van der Waals surface area contributed by atoms with Crippen LogP contribution in [0.3, 0.4) is 0 Å². The first-order valence-corrected chi connectivity index (χ1v) is 16.9. The van der Waals surface area contributed by atoms with Gasteiger partial charge in [0.25, 0.3) is 0 Å². The first-order chi connectivity index (χ1) is 25.6. The van der Waals surface area contributed by atoms with Gasteiger partial charge in [-0.15, -0.1) is 0 Å². The zero-order valence-electron chi connectivity index (χ0n) is 29.4. The molecule has 0 aliphatic rings. The van der Waals surface area contributed by atoms with E-state index in [1.165, 1.54) is 31.2 Å². The number of hydrogen-bond acceptors (Lipinski definition) is 8. The van der Waals surface area contributed by atoms with Gasteiger partial charge >= 0.3 is 17.9 Å². The van der Waals surface area contributed by atoms with Crippen molar-refractivity contribution in [2.24, 2.45) is 0 Å². The van der Waals surface area contributed by atoms with Gasteiger partial charge in [-0.05, 0) is 121 Å². The molecule has 1 atom stereocenters. The number of Topliss-reactive ketones (excluding diaryl/α,β-unsaturated/α-hetero) is 1. The molecular weight excluding hydrogens is 668 g/mol. The molecule has 0 aromatic heterocycles. The molecule has 6 rings (SSSR count). The van der Waals surface area contributed by atoms with Crippen LogP contribution in [0.5, 0.6) is 23.0 Å². The maximum absolute atomic E-state index is 12.8. The molecule has 0 spiro atoms. The molecule has 0 fully saturated rings. The molecule has 6 aromatic rings. The number of ether oxygens (including phenoxy) is 4. The zero-order chi connectivity index (χ0) is 37.3. The van der Waals surface area contributed by atoms with Gasteiger partial charge in [-0.1, -0.05) is 67.6 Å². The van der Waals surface area contributed by atoms with E-state index >= 15 is 0 Å². The number of benzene rings is 6. The van der Waals surface area contributed by atoms with Crippen LogP contribution in [-0.2, 0) is 6.42 Å². The predicted molar refractivity (Wildman–Crippen MR) is 200 cm³/mol. The highest BCUT2D eigenvalue weighted by atomic mass is 16.5. The number of ketones is 1. The summed E-state index contributed by atoms with van der Waals surface area (Å²) in [5, 5.41) is 0. The molecular formula is C45H36O8. The van der Waals surface area contributed by atoms with E-state index in [1.54, 1.807) is 67.8 Å². The van der Waals surface area contributed by atoms with Gasteiger partial charge in [0.2, 0.25) is 0 Å². The lowest BCUT2D eigenvalue weighted by atomic mass is 9.93. The van der Waals surface area contributed by atoms with Crippen molar-refractivity contribution in [1.82, 2.24) is 0 Å². The Morgan fingerprint density at radius 2 is 0.736 bits per heavy atom. The third-order valence-electron chi connectivity index (χ3n) is 8.77. The van der Waals surface area contributed by atoms with Crippen molar-refractivity contribution in [2.75, 3.05) is 7.11 Å². The number of esters is 3. The first kappa shape index (κ1) is 36.0. The maximum atomic E-state index is 12.8. The summed E-state index contributed by atoms with van der Waals surface area (Å²) in [6.07, 6.45) is 0.611. The Balaban J connectivity index is 0.973. The minimum atomic E-state index is -0.556. The lowest BCUT2D eigenvalue weighted by molar-refractivity contribution is 0.0720. The highest BCUT2D eigenvalue weighted by Gasteiger charge is 2.15. The van der Waals surface area contributed by atoms with Crippen LogP contribution in [0.2, 0.25) is 0 Å². The molecule has 0 aliphatic carbocycles. The fraction of sp³-hybridized carbons (Fsp3) is 0.111. The van der Waals surface area contributed by atoms with Crippen molar-refractivity contribution >= 4 is 23.7 Å². The molecule has 1 unspecified atom stereocenters. The number of rotatable bonds is 12. The lowest BCUT2D eigenvalue weighted by Crippen LogP contribution is -2.11. The fourth-order valence-corrected chi connectivity index (χ4v) is 5.58. The molecule has 0 saturated heterocycles. The Bertz CT molecular complexity index is 2200. The van der Waals surface area contributed by atoms with Crippen LogP contribution in [0.15, 0.2) is 146 Å². The van der Waals surface area contributed by atoms with Crippen molar-refractivity contribution in [3.05, 3.63) is 190 Å². The van der Waals surface area contributed by atoms with Crippen LogP contribution >= 0.6 is 0 Å². The normalized spacial score (nSPS) is 11.2. The SMILES string of the molecule is COc1ccc(C(C)c2ccc(OC(=O)c3ccc(C(=O)Oc4ccc(Cc5ccc(OC(=O)c6ccc(C(C)=O)cc6)cc5)cc4)cc3)cc2)cc1. The molecule has 6 aromatic carbocycles. The number of hydrogen-bond donors (Lipinski definition) is 0. The Hall–Kier alpha value is -6.80. The summed E-state index contributed by atoms with van der Waals surface area (Å²) in [6.45, 7) is 3.58. The van der Waals surface area contributed by atoms with Crippen molar-refractivity contribution in [3.63, 3.8) is 0 Å². The van der Waals surface area contributed by atoms with Gasteiger partial charge in [-0.3, -0.25) is 4.79 Å². The summed E-state index contributed by atoms with van der Waals surface area (Å²) in [5.74, 6) is 0.475. The quantitative estimate of drug-likeness (QED) is 0.0705. The zero-order valence-corrected chi connectivity index (χ0v) is 29.4. The molecule has 53 heavy (non-hydrogen) atoms. The smallest absolute Gasteiger partial charge is 0.343 e. The highest BCUT2D eigenvalue weighted by molar-refractivity contribution is 5.97. The van der Waals surface area contributed by atoms with Crippen molar-refractivity contribution in [1.29, 1.82) is 0 Å². The van der Waals surface area contributed by atoms with E-state index in [9.17, 15) is 19.2 Å². The minimum absolute atomic E-state index is 0.0739. The summed E-state index contributed by atoms with van der Waals surface area (Å²) in [7, 11) is 1.64. The molecule has 0 heterocycles. The average Bonchev–Trinajstić information content (AvgIpc) is 3.19. The second-order valence-corrected chi connectivity index (χ2v) is 12.4. The Kier molecular flexibility index (Phi) is 11.2. The van der Waals surface area contributed by atoms with Crippen LogP contribution < -0.4 is 18.9 Å². The van der Waals surface area contributed by atoms with Crippen LogP contribution in [0.4, 0.5) is 0 Å². The van der Waals surface area contributed by atoms with E-state index in [0.717, 1.165) is 28.0 Å². The van der Waals surface area contributed by atoms with Crippen molar-refractivity contribution in [3.8, 4) is 23.0 Å². The van der Waals surface area contributed by atoms with Gasteiger partial charge < -0.3 is 18.9 Å². The van der Waals surface area contributed by atoms with Gasteiger partial charge in [0.05, 0.1) is 23.8 Å². The third-order valence-corrected chi connectivity index (χ3v) is 8.77. The Morgan fingerprint density at radius 1 is 0.434 bits per heavy atom. The molecule has 0 saturated carbocycles. The number of methoxy groups -OCH3 is 1. The molecule has 0 amide bonds. The fourth-order valence-electron chi connectivity index (χ4n) is 5.58. The second kappa shape index (κ2) is 16.5. The van der Waals surface area contributed by atoms with E-state index < -0.39 is 17.9 Å². The van der Waals surface area contributed by atoms with E-state index in [-0.39, 0.29) is 17.3 Å². The third kappa shape index (κ3) is 9.31. The molecule has 0 bridgehead atoms. The average molecular weight is 705 g/mol. The lowest BCUT2D eigenvalue weighted by Gasteiger charge is -2.14. The van der Waals surface area contributed by atoms with E-state index in [2.05, 4.69) is 6.92 Å². The number of carbonyl (C=O) groups excluding carboxylic acids is 4. The van der Waals surface area contributed by atoms with Crippen LogP contribution in [0.25, 0.3) is 0 Å². The van der Waals surface area contributed by atoms with E-state index in [0.29, 0.717) is 40.4 Å². The van der Waals surface area contributed by atoms with Gasteiger partial charge in [0.15, 0.2) is 5.78 Å². The Labute approximate surface area is 307 Å². The maximum Gasteiger partial charge on any atom is 0.343 e. The van der Waals surface area contributed by atoms with Crippen molar-refractivity contribution in [2.45, 2.75) is 26.2 Å². The minimum Gasteiger partial charge on any atom is -0.497 e. The van der Waals surface area contributed by atoms with Crippen LogP contribution in [-0.4, -0.2) is 30.8 Å². The summed E-state index contributed by atoms with van der Waals surface area (Å²) < 4.78 is 21.8. The van der Waals surface area contributed by atoms with Gasteiger partial charge in [0, 0.05) is 11.5 Å². The topological polar surface area (TPSA) is 105 Å². The standard InChI is InChI=1S/C45H36O8/c1-29(33-16-24-39(50-3)25-17-33)34-18-26-42(27-19-34)53-45(49)38-14-12-37(13-15-38)44(48)52-41-22-6-32(7-23-41)28-31-4-20-40(21-5-31)51-43(47)36-10-8-35(9-11-36)30(2)46/h4-27,29H,28H2,1-3H3. The highest BCUT2D eigenvalue weighted by Crippen LogP contribution is 2.28. The van der Waals surface area contributed by atoms with Crippen molar-refractivity contribution < 1.29 is 38.1 Å².